The molecule has 0 aliphatic heterocycles. The molecule has 0 aliphatic carbocycles. The molecule has 0 saturated carbocycles. The molecule has 1 aromatic carbocycles. The number of aryl methyl sites for hydroxylation is 1. The van der Waals surface area contributed by atoms with E-state index in [0.717, 1.165) is 16.8 Å². The monoisotopic (exact) mass is 191 g/mol. The molecule has 3 heteroatoms. The summed E-state index contributed by atoms with van der Waals surface area (Å²) in [6, 6.07) is 9.97. The van der Waals surface area contributed by atoms with Gasteiger partial charge in [-0.25, -0.2) is 5.16 Å². The molecule has 0 saturated heterocycles. The summed E-state index contributed by atoms with van der Waals surface area (Å²) < 4.78 is 5.56. The predicted octanol–water partition coefficient (Wildman–Crippen LogP) is 3.31. The molecule has 0 spiro atoms. The number of aromatic nitrogens is 1. The summed E-state index contributed by atoms with van der Waals surface area (Å²) in [5.41, 5.74) is 3.04. The highest BCUT2D eigenvalue weighted by Crippen LogP contribution is 2.23. The Morgan fingerprint density at radius 2 is 1.92 bits per heavy atom. The van der Waals surface area contributed by atoms with Crippen LogP contribution in [0, 0.1) is 11.6 Å². The summed E-state index contributed by atoms with van der Waals surface area (Å²) in [5, 5.41) is 2.76. The third kappa shape index (κ3) is 1.42. The topological polar surface area (TPSA) is 28.9 Å². The highest BCUT2D eigenvalue weighted by atomic mass is 32.1. The molecule has 1 aromatic heterocycles. The molecule has 1 N–H and O–H groups in total. The van der Waals surface area contributed by atoms with Crippen LogP contribution in [-0.4, -0.2) is 5.16 Å². The van der Waals surface area contributed by atoms with Gasteiger partial charge in [0.25, 0.3) is 0 Å². The first-order valence-electron chi connectivity index (χ1n) is 4.02. The molecule has 0 bridgehead atoms. The maximum absolute atomic E-state index is 5.06. The van der Waals surface area contributed by atoms with Crippen molar-refractivity contribution in [2.24, 2.45) is 0 Å². The Morgan fingerprint density at radius 3 is 2.46 bits per heavy atom. The fourth-order valence-electron chi connectivity index (χ4n) is 1.32. The summed E-state index contributed by atoms with van der Waals surface area (Å²) in [5.74, 6) is 0. The quantitative estimate of drug-likeness (QED) is 0.700. The van der Waals surface area contributed by atoms with Gasteiger partial charge in [-0.15, -0.1) is 0 Å². The second kappa shape index (κ2) is 3.18. The van der Waals surface area contributed by atoms with E-state index in [0.29, 0.717) is 4.71 Å². The molecule has 1 heterocycles. The van der Waals surface area contributed by atoms with Crippen LogP contribution in [0.15, 0.2) is 34.9 Å². The molecule has 2 rings (SSSR count). The minimum atomic E-state index is 0.517. The van der Waals surface area contributed by atoms with E-state index in [4.69, 9.17) is 16.7 Å². The zero-order chi connectivity index (χ0) is 9.26. The summed E-state index contributed by atoms with van der Waals surface area (Å²) in [6.45, 7) is 1.95. The average Bonchev–Trinajstić information content (AvgIpc) is 2.48. The van der Waals surface area contributed by atoms with E-state index in [9.17, 15) is 0 Å². The van der Waals surface area contributed by atoms with E-state index < -0.39 is 0 Å². The SMILES string of the molecule is Cc1[nH]oc(=S)c1-c1ccccc1. The Bertz CT molecular complexity index is 455. The Kier molecular flexibility index (Phi) is 2.02. The van der Waals surface area contributed by atoms with Gasteiger partial charge < -0.3 is 4.52 Å². The number of H-pyrrole nitrogens is 1. The van der Waals surface area contributed by atoms with Crippen molar-refractivity contribution in [3.05, 3.63) is 40.7 Å². The zero-order valence-electron chi connectivity index (χ0n) is 7.20. The van der Waals surface area contributed by atoms with Crippen LogP contribution in [0.25, 0.3) is 11.1 Å². The number of hydrogen-bond donors (Lipinski definition) is 1. The fraction of sp³-hybridized carbons (Fsp3) is 0.100. The molecular weight excluding hydrogens is 182 g/mol. The molecule has 0 unspecified atom stereocenters. The van der Waals surface area contributed by atoms with Crippen molar-refractivity contribution in [2.75, 3.05) is 0 Å². The lowest BCUT2D eigenvalue weighted by Gasteiger charge is -1.95. The number of nitrogens with one attached hydrogen (secondary N) is 1. The van der Waals surface area contributed by atoms with Crippen LogP contribution in [0.3, 0.4) is 0 Å². The number of rotatable bonds is 1. The van der Waals surface area contributed by atoms with Gasteiger partial charge in [0.05, 0.1) is 11.3 Å². The summed E-state index contributed by atoms with van der Waals surface area (Å²) in [6.07, 6.45) is 0. The standard InChI is InChI=1S/C10H9NOS/c1-7-9(10(13)12-11-7)8-5-3-2-4-6-8/h2-6,11H,1H3. The second-order valence-corrected chi connectivity index (χ2v) is 3.23. The molecular formula is C10H9NOS. The normalized spacial score (nSPS) is 10.2. The molecule has 0 atom stereocenters. The molecule has 0 amide bonds. The van der Waals surface area contributed by atoms with E-state index in [-0.39, 0.29) is 0 Å². The Hall–Kier alpha value is -1.35. The predicted molar refractivity (Wildman–Crippen MR) is 54.1 cm³/mol. The molecule has 2 nitrogen and oxygen atoms in total. The summed E-state index contributed by atoms with van der Waals surface area (Å²) >= 11 is 5.06. The third-order valence-electron chi connectivity index (χ3n) is 1.94. The van der Waals surface area contributed by atoms with Crippen molar-refractivity contribution in [1.29, 1.82) is 0 Å². The van der Waals surface area contributed by atoms with E-state index in [1.165, 1.54) is 0 Å². The first-order valence-corrected chi connectivity index (χ1v) is 4.43. The first-order chi connectivity index (χ1) is 6.29. The zero-order valence-corrected chi connectivity index (χ0v) is 8.02. The van der Waals surface area contributed by atoms with Crippen molar-refractivity contribution < 1.29 is 4.52 Å². The molecule has 0 radical (unpaired) electrons. The number of aromatic amines is 1. The lowest BCUT2D eigenvalue weighted by molar-refractivity contribution is 0.404. The van der Waals surface area contributed by atoms with E-state index in [1.807, 2.05) is 37.3 Å². The second-order valence-electron chi connectivity index (χ2n) is 2.86. The Balaban J connectivity index is 2.65. The van der Waals surface area contributed by atoms with Gasteiger partial charge in [-0.3, -0.25) is 0 Å². The minimum absolute atomic E-state index is 0.517. The smallest absolute Gasteiger partial charge is 0.228 e. The maximum atomic E-state index is 5.06. The van der Waals surface area contributed by atoms with Crippen LogP contribution in [-0.2, 0) is 0 Å². The van der Waals surface area contributed by atoms with Crippen LogP contribution >= 0.6 is 12.2 Å². The van der Waals surface area contributed by atoms with Crippen molar-refractivity contribution in [3.8, 4) is 11.1 Å². The van der Waals surface area contributed by atoms with E-state index in [2.05, 4.69) is 5.16 Å². The Labute approximate surface area is 81.2 Å². The van der Waals surface area contributed by atoms with Gasteiger partial charge in [0, 0.05) is 0 Å². The highest BCUT2D eigenvalue weighted by Gasteiger charge is 2.06. The molecule has 0 aliphatic rings. The van der Waals surface area contributed by atoms with E-state index >= 15 is 0 Å². The van der Waals surface area contributed by atoms with Crippen molar-refractivity contribution in [3.63, 3.8) is 0 Å². The lowest BCUT2D eigenvalue weighted by atomic mass is 10.1. The van der Waals surface area contributed by atoms with Gasteiger partial charge in [0.2, 0.25) is 4.71 Å². The number of hydrogen-bond acceptors (Lipinski definition) is 2. The minimum Gasteiger partial charge on any atom is -0.370 e. The van der Waals surface area contributed by atoms with Gasteiger partial charge in [-0.05, 0) is 24.7 Å². The van der Waals surface area contributed by atoms with Gasteiger partial charge in [-0.1, -0.05) is 30.3 Å². The summed E-state index contributed by atoms with van der Waals surface area (Å²) in [7, 11) is 0. The van der Waals surface area contributed by atoms with Gasteiger partial charge in [0.15, 0.2) is 0 Å². The van der Waals surface area contributed by atoms with E-state index in [1.54, 1.807) is 0 Å². The third-order valence-corrected chi connectivity index (χ3v) is 2.23. The molecule has 13 heavy (non-hydrogen) atoms. The maximum Gasteiger partial charge on any atom is 0.228 e. The highest BCUT2D eigenvalue weighted by molar-refractivity contribution is 7.71. The van der Waals surface area contributed by atoms with Gasteiger partial charge in [-0.2, -0.15) is 0 Å². The first kappa shape index (κ1) is 8.26. The van der Waals surface area contributed by atoms with Crippen LogP contribution < -0.4 is 0 Å². The van der Waals surface area contributed by atoms with Crippen LogP contribution in [0.2, 0.25) is 0 Å². The molecule has 66 valence electrons. The van der Waals surface area contributed by atoms with Crippen LogP contribution in [0.5, 0.6) is 0 Å². The number of benzene rings is 1. The average molecular weight is 191 g/mol. The van der Waals surface area contributed by atoms with Gasteiger partial charge >= 0.3 is 0 Å². The van der Waals surface area contributed by atoms with Crippen LogP contribution in [0.1, 0.15) is 5.69 Å². The van der Waals surface area contributed by atoms with Gasteiger partial charge in [0.1, 0.15) is 0 Å². The summed E-state index contributed by atoms with van der Waals surface area (Å²) in [4.78, 5) is 0. The Morgan fingerprint density at radius 1 is 1.23 bits per heavy atom. The van der Waals surface area contributed by atoms with Crippen molar-refractivity contribution in [1.82, 2.24) is 5.16 Å². The van der Waals surface area contributed by atoms with Crippen molar-refractivity contribution in [2.45, 2.75) is 6.92 Å². The lowest BCUT2D eigenvalue weighted by Crippen LogP contribution is -1.77. The fourth-order valence-corrected chi connectivity index (χ4v) is 1.63. The van der Waals surface area contributed by atoms with Crippen LogP contribution in [0.4, 0.5) is 0 Å². The molecule has 0 fully saturated rings. The largest absolute Gasteiger partial charge is 0.370 e. The van der Waals surface area contributed by atoms with Crippen molar-refractivity contribution >= 4 is 12.2 Å². The molecule has 2 aromatic rings.